The molecule has 5 heteroatoms. The first kappa shape index (κ1) is 11.1. The Balaban J connectivity index is 3.06. The molecule has 1 rings (SSSR count). The lowest BCUT2D eigenvalue weighted by atomic mass is 10.1. The molecule has 0 radical (unpaired) electrons. The van der Waals surface area contributed by atoms with Crippen LogP contribution in [0.5, 0.6) is 0 Å². The van der Waals surface area contributed by atoms with Gasteiger partial charge in [0.15, 0.2) is 5.78 Å². The first-order valence-corrected chi connectivity index (χ1v) is 4.10. The number of carbonyl (C=O) groups excluding carboxylic acids is 1. The van der Waals surface area contributed by atoms with Crippen molar-refractivity contribution in [3.8, 4) is 0 Å². The van der Waals surface area contributed by atoms with Crippen molar-refractivity contribution >= 4 is 17.4 Å². The fourth-order valence-electron chi connectivity index (χ4n) is 0.931. The maximum absolute atomic E-state index is 12.9. The number of hydrogen-bond donors (Lipinski definition) is 0. The molecule has 0 aliphatic rings. The topological polar surface area (TPSA) is 26.3 Å². The molecule has 0 aromatic heterocycles. The number of ether oxygens (including phenoxy) is 1. The summed E-state index contributed by atoms with van der Waals surface area (Å²) >= 11 is 5.24. The lowest BCUT2D eigenvalue weighted by Gasteiger charge is -2.02. The summed E-state index contributed by atoms with van der Waals surface area (Å²) in [6.07, 6.45) is 0. The zero-order valence-corrected chi connectivity index (χ0v) is 8.07. The van der Waals surface area contributed by atoms with Crippen LogP contribution in [0.25, 0.3) is 0 Å². The highest BCUT2D eigenvalue weighted by molar-refractivity contribution is 6.31. The van der Waals surface area contributed by atoms with Crippen LogP contribution in [0.4, 0.5) is 8.78 Å². The molecule has 0 amide bonds. The van der Waals surface area contributed by atoms with Crippen molar-refractivity contribution in [1.82, 2.24) is 0 Å². The van der Waals surface area contributed by atoms with Crippen LogP contribution in [0.3, 0.4) is 0 Å². The largest absolute Gasteiger partial charge is 0.377 e. The third kappa shape index (κ3) is 2.27. The fourth-order valence-corrected chi connectivity index (χ4v) is 1.04. The minimum Gasteiger partial charge on any atom is -0.377 e. The minimum absolute atomic E-state index is 0.0914. The molecule has 0 heterocycles. The van der Waals surface area contributed by atoms with Crippen LogP contribution in [-0.4, -0.2) is 19.5 Å². The second-order valence-corrected chi connectivity index (χ2v) is 2.99. The van der Waals surface area contributed by atoms with Crippen molar-refractivity contribution in [2.75, 3.05) is 13.7 Å². The van der Waals surface area contributed by atoms with E-state index in [1.807, 2.05) is 0 Å². The second kappa shape index (κ2) is 4.48. The Morgan fingerprint density at radius 2 is 1.93 bits per heavy atom. The van der Waals surface area contributed by atoms with Gasteiger partial charge in [0.2, 0.25) is 0 Å². The zero-order valence-electron chi connectivity index (χ0n) is 7.31. The van der Waals surface area contributed by atoms with Crippen molar-refractivity contribution in [2.45, 2.75) is 0 Å². The number of carbonyl (C=O) groups is 1. The van der Waals surface area contributed by atoms with Crippen LogP contribution in [0.15, 0.2) is 12.1 Å². The number of methoxy groups -OCH3 is 1. The Hall–Kier alpha value is -1.00. The molecular weight excluding hydrogens is 214 g/mol. The smallest absolute Gasteiger partial charge is 0.188 e. The molecule has 0 bridgehead atoms. The highest BCUT2D eigenvalue weighted by Crippen LogP contribution is 2.20. The maximum Gasteiger partial charge on any atom is 0.188 e. The van der Waals surface area contributed by atoms with E-state index in [1.165, 1.54) is 7.11 Å². The van der Waals surface area contributed by atoms with E-state index < -0.39 is 22.4 Å². The van der Waals surface area contributed by atoms with Crippen LogP contribution in [0.2, 0.25) is 5.02 Å². The molecule has 0 saturated carbocycles. The van der Waals surface area contributed by atoms with Gasteiger partial charge in [-0.25, -0.2) is 8.78 Å². The predicted octanol–water partition coefficient (Wildman–Crippen LogP) is 2.45. The van der Waals surface area contributed by atoms with Crippen LogP contribution in [0, 0.1) is 11.6 Å². The fraction of sp³-hybridized carbons (Fsp3) is 0.222. The summed E-state index contributed by atoms with van der Waals surface area (Å²) in [6, 6.07) is 1.76. The van der Waals surface area contributed by atoms with Crippen molar-refractivity contribution in [1.29, 1.82) is 0 Å². The molecule has 76 valence electrons. The first-order chi connectivity index (χ1) is 6.56. The molecule has 0 fully saturated rings. The molecule has 0 aliphatic heterocycles. The zero-order chi connectivity index (χ0) is 10.7. The number of hydrogen-bond acceptors (Lipinski definition) is 2. The molecule has 0 unspecified atom stereocenters. The summed E-state index contributed by atoms with van der Waals surface area (Å²) in [5, 5.41) is -0.612. The molecule has 1 aromatic rings. The van der Waals surface area contributed by atoms with Crippen LogP contribution in [-0.2, 0) is 4.74 Å². The van der Waals surface area contributed by atoms with Gasteiger partial charge in [-0.05, 0) is 12.1 Å². The monoisotopic (exact) mass is 220 g/mol. The van der Waals surface area contributed by atoms with Gasteiger partial charge in [0.05, 0.1) is 0 Å². The van der Waals surface area contributed by atoms with Gasteiger partial charge < -0.3 is 4.74 Å². The summed E-state index contributed by atoms with van der Waals surface area (Å²) in [5.74, 6) is -2.40. The van der Waals surface area contributed by atoms with E-state index in [0.29, 0.717) is 0 Å². The van der Waals surface area contributed by atoms with Gasteiger partial charge in [-0.15, -0.1) is 0 Å². The third-order valence-corrected chi connectivity index (χ3v) is 1.94. The number of benzene rings is 1. The number of halogens is 3. The van der Waals surface area contributed by atoms with Crippen LogP contribution < -0.4 is 0 Å². The quantitative estimate of drug-likeness (QED) is 0.578. The summed E-state index contributed by atoms with van der Waals surface area (Å²) in [5.41, 5.74) is -0.0914. The highest BCUT2D eigenvalue weighted by atomic mass is 35.5. The number of ketones is 1. The summed E-state index contributed by atoms with van der Waals surface area (Å²) in [7, 11) is 1.32. The molecule has 0 saturated heterocycles. The van der Waals surface area contributed by atoms with Crippen LogP contribution in [0.1, 0.15) is 10.4 Å². The van der Waals surface area contributed by atoms with Gasteiger partial charge >= 0.3 is 0 Å². The average molecular weight is 221 g/mol. The lowest BCUT2D eigenvalue weighted by molar-refractivity contribution is 0.0847. The standard InChI is InChI=1S/C9H7ClF2O2/c1-14-4-8(13)5-2-6(11)9(10)7(12)3-5/h2-3H,4H2,1H3. The van der Waals surface area contributed by atoms with E-state index in [-0.39, 0.29) is 12.2 Å². The van der Waals surface area contributed by atoms with E-state index in [1.54, 1.807) is 0 Å². The van der Waals surface area contributed by atoms with Gasteiger partial charge in [-0.1, -0.05) is 11.6 Å². The molecule has 0 aliphatic carbocycles. The molecular formula is C9H7ClF2O2. The Bertz CT molecular complexity index is 343. The average Bonchev–Trinajstić information content (AvgIpc) is 2.13. The Morgan fingerprint density at radius 3 is 2.36 bits per heavy atom. The van der Waals surface area contributed by atoms with Gasteiger partial charge in [0.25, 0.3) is 0 Å². The van der Waals surface area contributed by atoms with E-state index in [4.69, 9.17) is 11.6 Å². The van der Waals surface area contributed by atoms with Gasteiger partial charge in [-0.3, -0.25) is 4.79 Å². The van der Waals surface area contributed by atoms with Gasteiger partial charge in [-0.2, -0.15) is 0 Å². The molecule has 1 aromatic carbocycles. The molecule has 0 atom stereocenters. The molecule has 2 nitrogen and oxygen atoms in total. The molecule has 0 spiro atoms. The van der Waals surface area contributed by atoms with Gasteiger partial charge in [0.1, 0.15) is 23.3 Å². The Morgan fingerprint density at radius 1 is 1.43 bits per heavy atom. The normalized spacial score (nSPS) is 10.3. The van der Waals surface area contributed by atoms with Crippen molar-refractivity contribution < 1.29 is 18.3 Å². The first-order valence-electron chi connectivity index (χ1n) is 3.73. The number of rotatable bonds is 3. The molecule has 0 N–H and O–H groups in total. The van der Waals surface area contributed by atoms with Crippen molar-refractivity contribution in [3.05, 3.63) is 34.4 Å². The Kier molecular flexibility index (Phi) is 3.55. The van der Waals surface area contributed by atoms with Crippen LogP contribution >= 0.6 is 11.6 Å². The van der Waals surface area contributed by atoms with Crippen molar-refractivity contribution in [3.63, 3.8) is 0 Å². The Labute approximate surface area is 84.4 Å². The summed E-state index contributed by atoms with van der Waals surface area (Å²) < 4.78 is 30.3. The number of Topliss-reactive ketones (excluding diaryl/α,β-unsaturated/α-hetero) is 1. The maximum atomic E-state index is 12.9. The van der Waals surface area contributed by atoms with E-state index in [9.17, 15) is 13.6 Å². The predicted molar refractivity (Wildman–Crippen MR) is 47.6 cm³/mol. The highest BCUT2D eigenvalue weighted by Gasteiger charge is 2.13. The third-order valence-electron chi connectivity index (χ3n) is 1.58. The lowest BCUT2D eigenvalue weighted by Crippen LogP contribution is -2.08. The van der Waals surface area contributed by atoms with E-state index in [2.05, 4.69) is 4.74 Å². The van der Waals surface area contributed by atoms with E-state index in [0.717, 1.165) is 12.1 Å². The second-order valence-electron chi connectivity index (χ2n) is 2.61. The SMILES string of the molecule is COCC(=O)c1cc(F)c(Cl)c(F)c1. The summed E-state index contributed by atoms with van der Waals surface area (Å²) in [6.45, 7) is -0.222. The van der Waals surface area contributed by atoms with Gasteiger partial charge in [0, 0.05) is 12.7 Å². The van der Waals surface area contributed by atoms with E-state index >= 15 is 0 Å². The van der Waals surface area contributed by atoms with Crippen molar-refractivity contribution in [2.24, 2.45) is 0 Å². The minimum atomic E-state index is -0.953. The summed E-state index contributed by atoms with van der Waals surface area (Å²) in [4.78, 5) is 11.2. The molecule has 14 heavy (non-hydrogen) atoms.